The molecular weight excluding hydrogens is 236 g/mol. The number of carbonyl (C=O) groups is 1. The minimum Gasteiger partial charge on any atom is -0.477 e. The Bertz CT molecular complexity index is 552. The zero-order valence-corrected chi connectivity index (χ0v) is 9.58. The number of aliphatic carboxylic acids is 1. The van der Waals surface area contributed by atoms with Crippen LogP contribution >= 0.6 is 0 Å². The number of carboxylic acid groups (broad SMARTS) is 1. The van der Waals surface area contributed by atoms with Gasteiger partial charge in [-0.15, -0.1) is 0 Å². The third-order valence-corrected chi connectivity index (χ3v) is 2.37. The van der Waals surface area contributed by atoms with Gasteiger partial charge in [-0.1, -0.05) is 12.1 Å². The minimum atomic E-state index is -1.27. The first-order valence-corrected chi connectivity index (χ1v) is 5.02. The normalized spacial score (nSPS) is 11.3. The maximum Gasteiger partial charge on any atom is 0.346 e. The third-order valence-electron chi connectivity index (χ3n) is 2.37. The van der Waals surface area contributed by atoms with E-state index in [1.165, 1.54) is 12.1 Å². The van der Waals surface area contributed by atoms with Gasteiger partial charge in [-0.25, -0.2) is 4.79 Å². The predicted octanol–water partition coefficient (Wildman–Crippen LogP) is 2.06. The molecule has 0 aromatic heterocycles. The molecule has 0 fully saturated rings. The molecule has 0 spiro atoms. The predicted molar refractivity (Wildman–Crippen MR) is 62.7 cm³/mol. The van der Waals surface area contributed by atoms with Crippen molar-refractivity contribution >= 4 is 11.7 Å². The number of nitro groups is 1. The van der Waals surface area contributed by atoms with Crippen molar-refractivity contribution in [1.82, 2.24) is 0 Å². The maximum absolute atomic E-state index is 10.7. The van der Waals surface area contributed by atoms with Crippen LogP contribution in [0.5, 0.6) is 0 Å². The summed E-state index contributed by atoms with van der Waals surface area (Å²) in [7, 11) is 0. The van der Waals surface area contributed by atoms with Crippen LogP contribution in [0, 0.1) is 21.4 Å². The fourth-order valence-corrected chi connectivity index (χ4v) is 1.46. The third kappa shape index (κ3) is 3.15. The van der Waals surface area contributed by atoms with Crippen LogP contribution < -0.4 is 0 Å². The van der Waals surface area contributed by atoms with E-state index in [4.69, 9.17) is 10.4 Å². The van der Waals surface area contributed by atoms with Crippen LogP contribution in [0.4, 0.5) is 5.69 Å². The first-order valence-electron chi connectivity index (χ1n) is 5.02. The van der Waals surface area contributed by atoms with E-state index in [1.54, 1.807) is 25.1 Å². The van der Waals surface area contributed by atoms with E-state index in [1.807, 2.05) is 0 Å². The average molecular weight is 246 g/mol. The second-order valence-electron chi connectivity index (χ2n) is 3.67. The highest BCUT2D eigenvalue weighted by Gasteiger charge is 2.11. The molecule has 0 bridgehead atoms. The van der Waals surface area contributed by atoms with Crippen LogP contribution in [-0.2, 0) is 11.2 Å². The Hall–Kier alpha value is -2.68. The highest BCUT2D eigenvalue weighted by molar-refractivity contribution is 5.91. The Morgan fingerprint density at radius 3 is 2.39 bits per heavy atom. The molecule has 6 heteroatoms. The molecule has 1 rings (SSSR count). The van der Waals surface area contributed by atoms with E-state index in [9.17, 15) is 14.9 Å². The average Bonchev–Trinajstić information content (AvgIpc) is 2.29. The minimum absolute atomic E-state index is 0.0286. The fourth-order valence-electron chi connectivity index (χ4n) is 1.46. The highest BCUT2D eigenvalue weighted by atomic mass is 16.6. The van der Waals surface area contributed by atoms with Gasteiger partial charge in [-0.05, 0) is 24.5 Å². The summed E-state index contributed by atoms with van der Waals surface area (Å²) >= 11 is 0. The summed E-state index contributed by atoms with van der Waals surface area (Å²) in [4.78, 5) is 20.7. The fraction of sp³-hybridized carbons (Fsp3) is 0.167. The molecule has 1 aromatic carbocycles. The number of allylic oxidation sites excluding steroid dienone is 1. The number of non-ortho nitro benzene ring substituents is 1. The molecule has 1 aromatic rings. The molecule has 0 atom stereocenters. The maximum atomic E-state index is 10.7. The van der Waals surface area contributed by atoms with E-state index < -0.39 is 10.9 Å². The zero-order chi connectivity index (χ0) is 13.7. The molecule has 0 saturated heterocycles. The molecule has 0 saturated carbocycles. The number of benzene rings is 1. The van der Waals surface area contributed by atoms with E-state index in [0.717, 1.165) is 0 Å². The van der Waals surface area contributed by atoms with Crippen molar-refractivity contribution in [2.75, 3.05) is 0 Å². The number of hydrogen-bond donors (Lipinski definition) is 1. The Labute approximate surface area is 103 Å². The molecule has 0 amide bonds. The van der Waals surface area contributed by atoms with Gasteiger partial charge < -0.3 is 5.11 Å². The van der Waals surface area contributed by atoms with Crippen LogP contribution in [0.25, 0.3) is 0 Å². The van der Waals surface area contributed by atoms with Gasteiger partial charge in [0.25, 0.3) is 5.69 Å². The van der Waals surface area contributed by atoms with Crippen molar-refractivity contribution in [2.45, 2.75) is 13.3 Å². The number of nitro benzene ring substituents is 1. The summed E-state index contributed by atoms with van der Waals surface area (Å²) in [5.41, 5.74) is 0.804. The second kappa shape index (κ2) is 5.59. The van der Waals surface area contributed by atoms with Crippen LogP contribution in [0.1, 0.15) is 12.5 Å². The zero-order valence-electron chi connectivity index (χ0n) is 9.58. The number of rotatable bonds is 4. The topological polar surface area (TPSA) is 104 Å². The van der Waals surface area contributed by atoms with Crippen molar-refractivity contribution in [3.63, 3.8) is 0 Å². The van der Waals surface area contributed by atoms with Gasteiger partial charge in [0, 0.05) is 12.1 Å². The van der Waals surface area contributed by atoms with E-state index in [2.05, 4.69) is 0 Å². The monoisotopic (exact) mass is 246 g/mol. The smallest absolute Gasteiger partial charge is 0.346 e. The van der Waals surface area contributed by atoms with E-state index in [0.29, 0.717) is 11.1 Å². The van der Waals surface area contributed by atoms with Gasteiger partial charge in [0.2, 0.25) is 0 Å². The summed E-state index contributed by atoms with van der Waals surface area (Å²) in [6.45, 7) is 1.55. The molecule has 6 nitrogen and oxygen atoms in total. The van der Waals surface area contributed by atoms with Crippen LogP contribution in [0.2, 0.25) is 0 Å². The number of hydrogen-bond acceptors (Lipinski definition) is 4. The molecule has 0 aliphatic carbocycles. The van der Waals surface area contributed by atoms with Crippen molar-refractivity contribution in [2.24, 2.45) is 0 Å². The van der Waals surface area contributed by atoms with Gasteiger partial charge in [0.15, 0.2) is 0 Å². The largest absolute Gasteiger partial charge is 0.477 e. The molecule has 18 heavy (non-hydrogen) atoms. The lowest BCUT2D eigenvalue weighted by molar-refractivity contribution is -0.384. The van der Waals surface area contributed by atoms with E-state index in [-0.39, 0.29) is 17.7 Å². The van der Waals surface area contributed by atoms with Crippen LogP contribution in [-0.4, -0.2) is 16.0 Å². The van der Waals surface area contributed by atoms with Gasteiger partial charge in [-0.3, -0.25) is 10.1 Å². The van der Waals surface area contributed by atoms with Gasteiger partial charge in [0.05, 0.1) is 4.92 Å². The number of carboxylic acids is 1. The molecule has 92 valence electrons. The Morgan fingerprint density at radius 1 is 1.44 bits per heavy atom. The van der Waals surface area contributed by atoms with Gasteiger partial charge in [-0.2, -0.15) is 5.26 Å². The first kappa shape index (κ1) is 13.4. The van der Waals surface area contributed by atoms with E-state index >= 15 is 0 Å². The summed E-state index contributed by atoms with van der Waals surface area (Å²) in [6.07, 6.45) is 0.271. The van der Waals surface area contributed by atoms with Crippen molar-refractivity contribution in [3.8, 4) is 6.07 Å². The lowest BCUT2D eigenvalue weighted by Gasteiger charge is -2.02. The van der Waals surface area contributed by atoms with Crippen molar-refractivity contribution < 1.29 is 14.8 Å². The summed E-state index contributed by atoms with van der Waals surface area (Å²) in [6, 6.07) is 7.39. The van der Waals surface area contributed by atoms with Gasteiger partial charge in [0.1, 0.15) is 11.6 Å². The molecule has 0 heterocycles. The standard InChI is InChI=1S/C12H10N2O4/c1-8(11(7-13)12(15)16)6-9-2-4-10(5-3-9)14(17)18/h2-5H,6H2,1H3,(H,15,16)/b11-8-. The van der Waals surface area contributed by atoms with Gasteiger partial charge >= 0.3 is 5.97 Å². The quantitative estimate of drug-likeness (QED) is 0.379. The van der Waals surface area contributed by atoms with Crippen molar-refractivity contribution in [1.29, 1.82) is 5.26 Å². The highest BCUT2D eigenvalue weighted by Crippen LogP contribution is 2.16. The summed E-state index contributed by atoms with van der Waals surface area (Å²) < 4.78 is 0. The number of nitriles is 1. The first-order chi connectivity index (χ1) is 8.45. The SMILES string of the molecule is C/C(Cc1ccc([N+](=O)[O-])cc1)=C(\C#N)C(=O)O. The van der Waals surface area contributed by atoms with Crippen LogP contribution in [0.3, 0.4) is 0 Å². The molecule has 0 radical (unpaired) electrons. The molecule has 0 aliphatic rings. The summed E-state index contributed by atoms with van der Waals surface area (Å²) in [5.74, 6) is -1.27. The van der Waals surface area contributed by atoms with Crippen LogP contribution in [0.15, 0.2) is 35.4 Å². The van der Waals surface area contributed by atoms with Crippen molar-refractivity contribution in [3.05, 3.63) is 51.1 Å². The lowest BCUT2D eigenvalue weighted by atomic mass is 10.0. The summed E-state index contributed by atoms with van der Waals surface area (Å²) in [5, 5.41) is 27.9. The molecule has 0 aliphatic heterocycles. The molecular formula is C12H10N2O4. The Morgan fingerprint density at radius 2 is 2.00 bits per heavy atom. The second-order valence-corrected chi connectivity index (χ2v) is 3.67. The Kier molecular flexibility index (Phi) is 4.16. The lowest BCUT2D eigenvalue weighted by Crippen LogP contribution is -2.03. The Balaban J connectivity index is 2.95. The molecule has 1 N–H and O–H groups in total. The molecule has 0 unspecified atom stereocenters. The number of nitrogens with zero attached hydrogens (tertiary/aromatic N) is 2.